The summed E-state index contributed by atoms with van der Waals surface area (Å²) in [6, 6.07) is 0.308. The van der Waals surface area contributed by atoms with Crippen LogP contribution in [-0.2, 0) is 4.79 Å². The van der Waals surface area contributed by atoms with Crippen LogP contribution in [0, 0.1) is 17.8 Å². The van der Waals surface area contributed by atoms with Gasteiger partial charge in [0.2, 0.25) is 5.91 Å². The summed E-state index contributed by atoms with van der Waals surface area (Å²) < 4.78 is 0. The summed E-state index contributed by atoms with van der Waals surface area (Å²) in [5, 5.41) is 3.30. The van der Waals surface area contributed by atoms with Gasteiger partial charge in [-0.3, -0.25) is 4.79 Å². The van der Waals surface area contributed by atoms with Crippen molar-refractivity contribution in [3.05, 3.63) is 0 Å². The van der Waals surface area contributed by atoms with Gasteiger partial charge in [0.25, 0.3) is 0 Å². The van der Waals surface area contributed by atoms with Gasteiger partial charge in [0.1, 0.15) is 0 Å². The molecule has 1 saturated heterocycles. The maximum absolute atomic E-state index is 12.4. The maximum Gasteiger partial charge on any atom is 0.227 e. The van der Waals surface area contributed by atoms with Crippen LogP contribution in [0.4, 0.5) is 0 Å². The van der Waals surface area contributed by atoms with E-state index < -0.39 is 0 Å². The molecule has 0 aliphatic carbocycles. The topological polar surface area (TPSA) is 32.3 Å². The van der Waals surface area contributed by atoms with Crippen LogP contribution in [0.3, 0.4) is 0 Å². The lowest BCUT2D eigenvalue weighted by atomic mass is 9.95. The van der Waals surface area contributed by atoms with Crippen molar-refractivity contribution in [2.24, 2.45) is 17.8 Å². The second kappa shape index (κ2) is 5.67. The van der Waals surface area contributed by atoms with Crippen molar-refractivity contribution in [3.63, 3.8) is 0 Å². The van der Waals surface area contributed by atoms with Crippen molar-refractivity contribution in [3.8, 4) is 0 Å². The number of carbonyl (C=O) groups excluding carboxylic acids is 1. The summed E-state index contributed by atoms with van der Waals surface area (Å²) in [6.07, 6.45) is 0. The molecule has 0 bridgehead atoms. The number of rotatable bonds is 4. The fourth-order valence-electron chi connectivity index (χ4n) is 2.30. The minimum Gasteiger partial charge on any atom is -0.340 e. The molecule has 0 saturated carbocycles. The number of hydrogen-bond acceptors (Lipinski definition) is 2. The van der Waals surface area contributed by atoms with E-state index in [2.05, 4.69) is 39.9 Å². The number of amides is 1. The van der Waals surface area contributed by atoms with Crippen LogP contribution in [0.15, 0.2) is 0 Å². The molecule has 1 fully saturated rings. The van der Waals surface area contributed by atoms with E-state index in [-0.39, 0.29) is 5.92 Å². The van der Waals surface area contributed by atoms with Crippen molar-refractivity contribution in [1.82, 2.24) is 10.2 Å². The highest BCUT2D eigenvalue weighted by Gasteiger charge is 2.33. The Balaban J connectivity index is 2.66. The largest absolute Gasteiger partial charge is 0.340 e. The molecule has 3 nitrogen and oxygen atoms in total. The molecule has 0 aromatic carbocycles. The van der Waals surface area contributed by atoms with Crippen LogP contribution in [-0.4, -0.2) is 36.5 Å². The predicted octanol–water partition coefficient (Wildman–Crippen LogP) is 1.73. The first-order valence-corrected chi connectivity index (χ1v) is 6.44. The van der Waals surface area contributed by atoms with Crippen LogP contribution < -0.4 is 5.32 Å². The number of carbonyl (C=O) groups is 1. The molecule has 2 atom stereocenters. The molecule has 1 aliphatic rings. The Morgan fingerprint density at radius 2 is 1.94 bits per heavy atom. The second-order valence-corrected chi connectivity index (χ2v) is 5.72. The lowest BCUT2D eigenvalue weighted by Gasteiger charge is -2.31. The molecule has 0 aromatic heterocycles. The van der Waals surface area contributed by atoms with Gasteiger partial charge in [-0.05, 0) is 32.2 Å². The lowest BCUT2D eigenvalue weighted by Crippen LogP contribution is -2.44. The monoisotopic (exact) mass is 226 g/mol. The first-order chi connectivity index (χ1) is 7.43. The standard InChI is InChI=1S/C13H26N2O/c1-9(2)8-15(10(3)4)13(16)12-7-14-6-11(12)5/h9-12,14H,6-8H2,1-5H3/t11-,12-/m1/s1. The normalized spacial score (nSPS) is 25.4. The van der Waals surface area contributed by atoms with E-state index in [1.807, 2.05) is 4.90 Å². The Kier molecular flexibility index (Phi) is 4.78. The van der Waals surface area contributed by atoms with E-state index in [0.29, 0.717) is 23.8 Å². The Morgan fingerprint density at radius 1 is 1.31 bits per heavy atom. The molecule has 1 amide bonds. The summed E-state index contributed by atoms with van der Waals surface area (Å²) in [4.78, 5) is 14.5. The van der Waals surface area contributed by atoms with Crippen LogP contribution in [0.5, 0.6) is 0 Å². The summed E-state index contributed by atoms with van der Waals surface area (Å²) in [7, 11) is 0. The Hall–Kier alpha value is -0.570. The zero-order chi connectivity index (χ0) is 12.3. The quantitative estimate of drug-likeness (QED) is 0.792. The maximum atomic E-state index is 12.4. The highest BCUT2D eigenvalue weighted by Crippen LogP contribution is 2.20. The number of nitrogens with zero attached hydrogens (tertiary/aromatic N) is 1. The van der Waals surface area contributed by atoms with Gasteiger partial charge in [-0.2, -0.15) is 0 Å². The van der Waals surface area contributed by atoms with E-state index in [4.69, 9.17) is 0 Å². The highest BCUT2D eigenvalue weighted by atomic mass is 16.2. The summed E-state index contributed by atoms with van der Waals surface area (Å²) >= 11 is 0. The van der Waals surface area contributed by atoms with Crippen LogP contribution in [0.2, 0.25) is 0 Å². The molecule has 3 heteroatoms. The van der Waals surface area contributed by atoms with Gasteiger partial charge in [0.05, 0.1) is 5.92 Å². The molecule has 0 spiro atoms. The van der Waals surface area contributed by atoms with Gasteiger partial charge in [-0.1, -0.05) is 20.8 Å². The Bertz CT molecular complexity index is 238. The first kappa shape index (κ1) is 13.5. The summed E-state index contributed by atoms with van der Waals surface area (Å²) in [5.74, 6) is 1.53. The van der Waals surface area contributed by atoms with E-state index in [1.54, 1.807) is 0 Å². The van der Waals surface area contributed by atoms with Gasteiger partial charge >= 0.3 is 0 Å². The molecule has 16 heavy (non-hydrogen) atoms. The zero-order valence-electron chi connectivity index (χ0n) is 11.3. The van der Waals surface area contributed by atoms with Gasteiger partial charge in [-0.25, -0.2) is 0 Å². The average Bonchev–Trinajstić information content (AvgIpc) is 2.59. The van der Waals surface area contributed by atoms with Gasteiger partial charge in [0.15, 0.2) is 0 Å². The summed E-state index contributed by atoms with van der Waals surface area (Å²) in [6.45, 7) is 13.4. The smallest absolute Gasteiger partial charge is 0.227 e. The van der Waals surface area contributed by atoms with Gasteiger partial charge in [0, 0.05) is 19.1 Å². The second-order valence-electron chi connectivity index (χ2n) is 5.72. The fourth-order valence-corrected chi connectivity index (χ4v) is 2.30. The van der Waals surface area contributed by atoms with Crippen molar-refractivity contribution in [2.75, 3.05) is 19.6 Å². The third kappa shape index (κ3) is 3.21. The third-order valence-electron chi connectivity index (χ3n) is 3.30. The first-order valence-electron chi connectivity index (χ1n) is 6.44. The van der Waals surface area contributed by atoms with Crippen LogP contribution in [0.25, 0.3) is 0 Å². The fraction of sp³-hybridized carbons (Fsp3) is 0.923. The molecular weight excluding hydrogens is 200 g/mol. The molecule has 0 radical (unpaired) electrons. The Labute approximate surface area is 99.6 Å². The number of nitrogens with one attached hydrogen (secondary N) is 1. The SMILES string of the molecule is CC(C)CN(C(=O)[C@@H]1CNC[C@H]1C)C(C)C. The van der Waals surface area contributed by atoms with Crippen LogP contribution >= 0.6 is 0 Å². The third-order valence-corrected chi connectivity index (χ3v) is 3.30. The lowest BCUT2D eigenvalue weighted by molar-refractivity contribution is -0.138. The molecule has 1 heterocycles. The average molecular weight is 226 g/mol. The van der Waals surface area contributed by atoms with Gasteiger partial charge in [-0.15, -0.1) is 0 Å². The van der Waals surface area contributed by atoms with Crippen LogP contribution in [0.1, 0.15) is 34.6 Å². The minimum atomic E-state index is 0.182. The molecule has 1 N–H and O–H groups in total. The zero-order valence-corrected chi connectivity index (χ0v) is 11.3. The van der Waals surface area contributed by atoms with E-state index >= 15 is 0 Å². The van der Waals surface area contributed by atoms with Crippen molar-refractivity contribution < 1.29 is 4.79 Å². The number of hydrogen-bond donors (Lipinski definition) is 1. The Morgan fingerprint density at radius 3 is 2.31 bits per heavy atom. The molecule has 1 rings (SSSR count). The van der Waals surface area contributed by atoms with Crippen molar-refractivity contribution >= 4 is 5.91 Å². The molecule has 0 aromatic rings. The molecule has 94 valence electrons. The highest BCUT2D eigenvalue weighted by molar-refractivity contribution is 5.80. The molecular formula is C13H26N2O. The van der Waals surface area contributed by atoms with Crippen molar-refractivity contribution in [1.29, 1.82) is 0 Å². The molecule has 0 unspecified atom stereocenters. The van der Waals surface area contributed by atoms with Gasteiger partial charge < -0.3 is 10.2 Å². The van der Waals surface area contributed by atoms with E-state index in [0.717, 1.165) is 19.6 Å². The summed E-state index contributed by atoms with van der Waals surface area (Å²) in [5.41, 5.74) is 0. The van der Waals surface area contributed by atoms with E-state index in [9.17, 15) is 4.79 Å². The molecule has 1 aliphatic heterocycles. The van der Waals surface area contributed by atoms with E-state index in [1.165, 1.54) is 0 Å². The minimum absolute atomic E-state index is 0.182. The predicted molar refractivity (Wildman–Crippen MR) is 67.2 cm³/mol. The van der Waals surface area contributed by atoms with Crippen molar-refractivity contribution in [2.45, 2.75) is 40.7 Å².